The lowest BCUT2D eigenvalue weighted by molar-refractivity contribution is -0.148. The molecule has 25 heavy (non-hydrogen) atoms. The van der Waals surface area contributed by atoms with Crippen LogP contribution in [0.25, 0.3) is 0 Å². The van der Waals surface area contributed by atoms with Crippen LogP contribution in [0.4, 0.5) is 5.69 Å². The molecule has 0 aliphatic heterocycles. The van der Waals surface area contributed by atoms with Crippen LogP contribution < -0.4 is 17.3 Å². The first kappa shape index (κ1) is 18.2. The molecule has 1 unspecified atom stereocenters. The van der Waals surface area contributed by atoms with Gasteiger partial charge in [0.15, 0.2) is 11.3 Å². The number of hydrazone groups is 1. The summed E-state index contributed by atoms with van der Waals surface area (Å²) >= 11 is 0. The first-order valence-electron chi connectivity index (χ1n) is 7.54. The summed E-state index contributed by atoms with van der Waals surface area (Å²) in [5.74, 6) is 3.66. The zero-order valence-electron chi connectivity index (χ0n) is 13.8. The third-order valence-electron chi connectivity index (χ3n) is 3.67. The quantitative estimate of drug-likeness (QED) is 0.138. The normalized spacial score (nSPS) is 13.4. The second kappa shape index (κ2) is 7.59. The van der Waals surface area contributed by atoms with E-state index in [9.17, 15) is 9.59 Å². The number of anilines is 1. The summed E-state index contributed by atoms with van der Waals surface area (Å²) in [6, 6.07) is 13.5. The summed E-state index contributed by atoms with van der Waals surface area (Å²) in [5.41, 5.74) is 11.9. The molecule has 2 aromatic rings. The summed E-state index contributed by atoms with van der Waals surface area (Å²) in [6.45, 7) is 1.30. The highest BCUT2D eigenvalue weighted by Gasteiger charge is 2.39. The van der Waals surface area contributed by atoms with E-state index in [1.807, 2.05) is 0 Å². The van der Waals surface area contributed by atoms with Crippen molar-refractivity contribution in [1.29, 1.82) is 0 Å². The number of nitrogens with zero attached hydrogens (tertiary/aromatic N) is 1. The van der Waals surface area contributed by atoms with Crippen molar-refractivity contribution in [2.75, 3.05) is 5.73 Å². The number of benzene rings is 2. The number of ketones is 1. The van der Waals surface area contributed by atoms with Crippen molar-refractivity contribution < 1.29 is 14.3 Å². The van der Waals surface area contributed by atoms with Gasteiger partial charge >= 0.3 is 5.97 Å². The van der Waals surface area contributed by atoms with E-state index in [4.69, 9.17) is 22.0 Å². The van der Waals surface area contributed by atoms with Crippen LogP contribution in [0, 0.1) is 0 Å². The van der Waals surface area contributed by atoms with Gasteiger partial charge in [-0.3, -0.25) is 4.79 Å². The molecule has 130 valence electrons. The number of carbonyl (C=O) groups excluding carboxylic acids is 2. The summed E-state index contributed by atoms with van der Waals surface area (Å²) in [5, 5.41) is 3.42. The number of Topliss-reactive ketones (excluding diaryl/α,β-unsaturated/α-hetero) is 1. The topological polar surface area (TPSA) is 134 Å². The number of hydrogen-bond acceptors (Lipinski definition) is 7. The Balaban J connectivity index is 2.06. The van der Waals surface area contributed by atoms with Gasteiger partial charge < -0.3 is 22.0 Å². The van der Waals surface area contributed by atoms with Gasteiger partial charge in [0.05, 0.1) is 6.21 Å². The minimum Gasteiger partial charge on any atom is -0.459 e. The van der Waals surface area contributed by atoms with E-state index in [-0.39, 0.29) is 17.9 Å². The van der Waals surface area contributed by atoms with Crippen LogP contribution in [-0.4, -0.2) is 23.5 Å². The van der Waals surface area contributed by atoms with E-state index < -0.39 is 17.3 Å². The molecule has 0 saturated carbocycles. The molecule has 0 bridgehead atoms. The van der Waals surface area contributed by atoms with Crippen molar-refractivity contribution in [2.24, 2.45) is 16.7 Å². The molecular formula is C18H20N4O3. The van der Waals surface area contributed by atoms with Gasteiger partial charge in [0, 0.05) is 11.3 Å². The van der Waals surface area contributed by atoms with E-state index in [0.717, 1.165) is 11.1 Å². The second-order valence-corrected chi connectivity index (χ2v) is 5.71. The largest absolute Gasteiger partial charge is 0.459 e. The van der Waals surface area contributed by atoms with Crippen molar-refractivity contribution in [1.82, 2.24) is 0 Å². The molecule has 0 aromatic heterocycles. The molecule has 0 radical (unpaired) electrons. The third-order valence-corrected chi connectivity index (χ3v) is 3.67. The Morgan fingerprint density at radius 2 is 1.80 bits per heavy atom. The minimum atomic E-state index is -1.83. The predicted molar refractivity (Wildman–Crippen MR) is 95.8 cm³/mol. The summed E-state index contributed by atoms with van der Waals surface area (Å²) in [4.78, 5) is 24.8. The van der Waals surface area contributed by atoms with E-state index in [1.165, 1.54) is 19.2 Å². The Morgan fingerprint density at radius 3 is 2.40 bits per heavy atom. The second-order valence-electron chi connectivity index (χ2n) is 5.71. The smallest absolute Gasteiger partial charge is 0.334 e. The van der Waals surface area contributed by atoms with Crippen LogP contribution in [0.1, 0.15) is 28.4 Å². The van der Waals surface area contributed by atoms with Crippen molar-refractivity contribution in [3.05, 3.63) is 65.2 Å². The molecule has 0 aliphatic rings. The molecule has 0 fully saturated rings. The Morgan fingerprint density at radius 1 is 1.16 bits per heavy atom. The van der Waals surface area contributed by atoms with Gasteiger partial charge in [0.25, 0.3) is 0 Å². The molecular weight excluding hydrogens is 320 g/mol. The maximum Gasteiger partial charge on any atom is 0.334 e. The average Bonchev–Trinajstić information content (AvgIpc) is 2.61. The fraction of sp³-hybridized carbons (Fsp3) is 0.167. The van der Waals surface area contributed by atoms with E-state index in [1.54, 1.807) is 42.5 Å². The summed E-state index contributed by atoms with van der Waals surface area (Å²) < 4.78 is 5.19. The maximum atomic E-state index is 12.5. The number of rotatable bonds is 6. The maximum absolute atomic E-state index is 12.5. The minimum absolute atomic E-state index is 0.0107. The fourth-order valence-electron chi connectivity index (χ4n) is 2.16. The number of ether oxygens (including phenoxy) is 1. The highest BCUT2D eigenvalue weighted by Crippen LogP contribution is 2.19. The highest BCUT2D eigenvalue weighted by atomic mass is 16.5. The van der Waals surface area contributed by atoms with Gasteiger partial charge in [-0.1, -0.05) is 36.4 Å². The molecule has 0 saturated heterocycles. The lowest BCUT2D eigenvalue weighted by Gasteiger charge is -2.22. The molecule has 6 N–H and O–H groups in total. The SMILES string of the molecule is CC(N)(C(=O)OCc1ccc(C=NN)cc1)C(=O)c1ccccc1N. The van der Waals surface area contributed by atoms with Gasteiger partial charge in [-0.15, -0.1) is 0 Å². The summed E-state index contributed by atoms with van der Waals surface area (Å²) in [6.07, 6.45) is 1.50. The molecule has 0 amide bonds. The molecule has 7 nitrogen and oxygen atoms in total. The number of nitrogens with two attached hydrogens (primary N) is 3. The molecule has 0 spiro atoms. The van der Waals surface area contributed by atoms with Gasteiger partial charge in [-0.05, 0) is 30.2 Å². The lowest BCUT2D eigenvalue weighted by Crippen LogP contribution is -2.53. The molecule has 2 rings (SSSR count). The van der Waals surface area contributed by atoms with Crippen LogP contribution >= 0.6 is 0 Å². The first-order valence-corrected chi connectivity index (χ1v) is 7.54. The number of hydrogen-bond donors (Lipinski definition) is 3. The monoisotopic (exact) mass is 340 g/mol. The van der Waals surface area contributed by atoms with Crippen LogP contribution in [0.5, 0.6) is 0 Å². The van der Waals surface area contributed by atoms with Gasteiger partial charge in [0.1, 0.15) is 6.61 Å². The third kappa shape index (κ3) is 4.21. The van der Waals surface area contributed by atoms with Crippen molar-refractivity contribution in [3.8, 4) is 0 Å². The number of para-hydroxylation sites is 1. The zero-order chi connectivity index (χ0) is 18.4. The van der Waals surface area contributed by atoms with Crippen LogP contribution in [0.15, 0.2) is 53.6 Å². The van der Waals surface area contributed by atoms with Gasteiger partial charge in [0.2, 0.25) is 0 Å². The van der Waals surface area contributed by atoms with Gasteiger partial charge in [-0.2, -0.15) is 5.10 Å². The Hall–Kier alpha value is -3.19. The van der Waals surface area contributed by atoms with E-state index >= 15 is 0 Å². The van der Waals surface area contributed by atoms with Crippen molar-refractivity contribution in [2.45, 2.75) is 19.1 Å². The molecule has 0 aliphatic carbocycles. The zero-order valence-corrected chi connectivity index (χ0v) is 13.8. The van der Waals surface area contributed by atoms with Crippen molar-refractivity contribution in [3.63, 3.8) is 0 Å². The Bertz CT molecular complexity index is 798. The molecule has 0 heterocycles. The molecule has 1 atom stereocenters. The van der Waals surface area contributed by atoms with Gasteiger partial charge in [-0.25, -0.2) is 4.79 Å². The van der Waals surface area contributed by atoms with E-state index in [2.05, 4.69) is 5.10 Å². The standard InChI is InChI=1S/C18H20N4O3/c1-18(20,16(23)14-4-2-3-5-15(14)19)17(24)25-11-13-8-6-12(7-9-13)10-22-21/h2-10H,11,19-21H2,1H3. The van der Waals surface area contributed by atoms with Crippen molar-refractivity contribution >= 4 is 23.7 Å². The average molecular weight is 340 g/mol. The first-order chi connectivity index (χ1) is 11.9. The number of esters is 1. The van der Waals surface area contributed by atoms with E-state index in [0.29, 0.717) is 0 Å². The lowest BCUT2D eigenvalue weighted by atomic mass is 9.91. The molecule has 7 heteroatoms. The Labute approximate surface area is 145 Å². The molecule has 2 aromatic carbocycles. The fourth-order valence-corrected chi connectivity index (χ4v) is 2.16. The summed E-state index contributed by atoms with van der Waals surface area (Å²) in [7, 11) is 0. The van der Waals surface area contributed by atoms with Crippen LogP contribution in [0.2, 0.25) is 0 Å². The number of carbonyl (C=O) groups is 2. The van der Waals surface area contributed by atoms with Crippen LogP contribution in [-0.2, 0) is 16.1 Å². The highest BCUT2D eigenvalue weighted by molar-refractivity contribution is 6.17. The number of nitrogen functional groups attached to an aromatic ring is 1. The van der Waals surface area contributed by atoms with Crippen LogP contribution in [0.3, 0.4) is 0 Å². The Kier molecular flexibility index (Phi) is 5.51. The predicted octanol–water partition coefficient (Wildman–Crippen LogP) is 1.20.